The Morgan fingerprint density at radius 1 is 1.26 bits per heavy atom. The van der Waals surface area contributed by atoms with E-state index in [0.717, 1.165) is 12.0 Å². The van der Waals surface area contributed by atoms with Gasteiger partial charge in [0.05, 0.1) is 0 Å². The second-order valence-corrected chi connectivity index (χ2v) is 4.97. The minimum absolute atomic E-state index is 0. The molecular formula is C16H21MoO2-. The Hall–Kier alpha value is -0.752. The summed E-state index contributed by atoms with van der Waals surface area (Å²) in [4.78, 5) is 22.7. The van der Waals surface area contributed by atoms with Crippen LogP contribution in [-0.2, 0) is 30.7 Å². The molecule has 0 bridgehead atoms. The van der Waals surface area contributed by atoms with Crippen molar-refractivity contribution in [1.82, 2.24) is 0 Å². The predicted octanol–water partition coefficient (Wildman–Crippen LogP) is 3.44. The van der Waals surface area contributed by atoms with Crippen LogP contribution in [-0.4, -0.2) is 12.1 Å². The normalized spacial score (nSPS) is 14.9. The summed E-state index contributed by atoms with van der Waals surface area (Å²) >= 11 is 0. The van der Waals surface area contributed by atoms with Crippen molar-refractivity contribution >= 4 is 12.1 Å². The molecule has 0 aliphatic carbocycles. The zero-order valence-electron chi connectivity index (χ0n) is 12.0. The van der Waals surface area contributed by atoms with Gasteiger partial charge in [-0.2, -0.15) is 0 Å². The molecule has 0 aliphatic rings. The van der Waals surface area contributed by atoms with Gasteiger partial charge in [-0.05, 0) is 31.2 Å². The fourth-order valence-corrected chi connectivity index (χ4v) is 2.30. The van der Waals surface area contributed by atoms with Crippen LogP contribution < -0.4 is 0 Å². The number of benzene rings is 1. The van der Waals surface area contributed by atoms with Gasteiger partial charge in [0.25, 0.3) is 0 Å². The van der Waals surface area contributed by atoms with Crippen LogP contribution in [0.15, 0.2) is 24.3 Å². The van der Waals surface area contributed by atoms with Gasteiger partial charge in [0.2, 0.25) is 0 Å². The zero-order valence-corrected chi connectivity index (χ0v) is 14.0. The second-order valence-electron chi connectivity index (χ2n) is 4.97. The molecule has 0 fully saturated rings. The van der Waals surface area contributed by atoms with E-state index in [1.54, 1.807) is 0 Å². The Balaban J connectivity index is 0.00000324. The van der Waals surface area contributed by atoms with Crippen LogP contribution in [0.3, 0.4) is 0 Å². The Kier molecular flexibility index (Phi) is 8.09. The molecule has 0 N–H and O–H groups in total. The number of carbonyl (C=O) groups excluding carboxylic acids is 2. The monoisotopic (exact) mass is 343 g/mol. The molecule has 0 aromatic heterocycles. The summed E-state index contributed by atoms with van der Waals surface area (Å²) in [5.74, 6) is -0.500. The fraction of sp³-hybridized carbons (Fsp3) is 0.500. The summed E-state index contributed by atoms with van der Waals surface area (Å²) in [6, 6.07) is 8.16. The quantitative estimate of drug-likeness (QED) is 0.587. The van der Waals surface area contributed by atoms with Gasteiger partial charge in [0.1, 0.15) is 5.78 Å². The molecule has 3 unspecified atom stereocenters. The van der Waals surface area contributed by atoms with Gasteiger partial charge in [-0.1, -0.05) is 50.1 Å². The molecule has 0 heterocycles. The first-order valence-electron chi connectivity index (χ1n) is 6.46. The molecule has 1 rings (SSSR count). The van der Waals surface area contributed by atoms with Gasteiger partial charge in [0.15, 0.2) is 0 Å². The van der Waals surface area contributed by atoms with E-state index in [9.17, 15) is 9.59 Å². The van der Waals surface area contributed by atoms with E-state index in [0.29, 0.717) is 0 Å². The summed E-state index contributed by atoms with van der Waals surface area (Å²) in [5, 5.41) is 0. The third kappa shape index (κ3) is 4.69. The molecule has 3 atom stereocenters. The predicted molar refractivity (Wildman–Crippen MR) is 73.2 cm³/mol. The standard InChI is InChI=1S/C16H21O2.Mo/c1-5-15(14-8-6-11(2)7-9-14)16(10-17)12(3)13(4)18;/h6-9,12,15-16H,5H2,1-4H3;/q-1;. The first kappa shape index (κ1) is 18.2. The van der Waals surface area contributed by atoms with Crippen molar-refractivity contribution in [3.63, 3.8) is 0 Å². The van der Waals surface area contributed by atoms with Crippen molar-refractivity contribution in [2.45, 2.75) is 40.0 Å². The average Bonchev–Trinajstić information content (AvgIpc) is 2.36. The van der Waals surface area contributed by atoms with E-state index >= 15 is 0 Å². The molecule has 0 radical (unpaired) electrons. The minimum Gasteiger partial charge on any atom is -0.541 e. The van der Waals surface area contributed by atoms with Crippen molar-refractivity contribution < 1.29 is 30.7 Å². The third-order valence-electron chi connectivity index (χ3n) is 3.69. The third-order valence-corrected chi connectivity index (χ3v) is 3.69. The maximum Gasteiger partial charge on any atom is 0.130 e. The summed E-state index contributed by atoms with van der Waals surface area (Å²) in [6.45, 7) is 7.43. The van der Waals surface area contributed by atoms with Crippen LogP contribution in [0.4, 0.5) is 0 Å². The Labute approximate surface area is 130 Å². The molecule has 1 aromatic carbocycles. The first-order valence-corrected chi connectivity index (χ1v) is 6.46. The number of aryl methyl sites for hydroxylation is 1. The molecule has 0 saturated heterocycles. The molecule has 104 valence electrons. The van der Waals surface area contributed by atoms with Crippen molar-refractivity contribution in [2.75, 3.05) is 0 Å². The SMILES string of the molecule is CCC(c1ccc(C)cc1)C([C-]=O)C(C)C(C)=O.[Mo]. The van der Waals surface area contributed by atoms with Gasteiger partial charge < -0.3 is 4.79 Å². The summed E-state index contributed by atoms with van der Waals surface area (Å²) < 4.78 is 0. The van der Waals surface area contributed by atoms with Crippen LogP contribution in [0, 0.1) is 18.8 Å². The molecule has 2 nitrogen and oxygen atoms in total. The molecule has 1 aromatic rings. The first-order chi connectivity index (χ1) is 8.51. The molecule has 3 heteroatoms. The van der Waals surface area contributed by atoms with Crippen LogP contribution in [0.5, 0.6) is 0 Å². The van der Waals surface area contributed by atoms with Crippen molar-refractivity contribution in [1.29, 1.82) is 0 Å². The van der Waals surface area contributed by atoms with Crippen molar-refractivity contribution in [3.8, 4) is 0 Å². The number of rotatable bonds is 6. The summed E-state index contributed by atoms with van der Waals surface area (Å²) in [7, 11) is 0. The van der Waals surface area contributed by atoms with Crippen molar-refractivity contribution in [2.24, 2.45) is 11.8 Å². The number of Topliss-reactive ketones (excluding diaryl/α,β-unsaturated/α-hetero) is 1. The molecule has 0 spiro atoms. The molecule has 19 heavy (non-hydrogen) atoms. The smallest absolute Gasteiger partial charge is 0.130 e. The second kappa shape index (κ2) is 8.43. The van der Waals surface area contributed by atoms with E-state index in [-0.39, 0.29) is 44.6 Å². The van der Waals surface area contributed by atoms with Crippen LogP contribution in [0.25, 0.3) is 0 Å². The van der Waals surface area contributed by atoms with Crippen LogP contribution >= 0.6 is 0 Å². The maximum absolute atomic E-state index is 11.5. The Bertz CT molecular complexity index is 411. The fourth-order valence-electron chi connectivity index (χ4n) is 2.30. The Morgan fingerprint density at radius 3 is 2.16 bits per heavy atom. The van der Waals surface area contributed by atoms with Gasteiger partial charge in [-0.25, -0.2) is 0 Å². The molecule has 0 saturated carbocycles. The van der Waals surface area contributed by atoms with Gasteiger partial charge >= 0.3 is 0 Å². The van der Waals surface area contributed by atoms with E-state index in [1.807, 2.05) is 45.0 Å². The molecule has 0 aliphatic heterocycles. The van der Waals surface area contributed by atoms with Crippen LogP contribution in [0.1, 0.15) is 44.2 Å². The van der Waals surface area contributed by atoms with Crippen molar-refractivity contribution in [3.05, 3.63) is 35.4 Å². The maximum atomic E-state index is 11.5. The summed E-state index contributed by atoms with van der Waals surface area (Å²) in [6.07, 6.45) is 2.91. The van der Waals surface area contributed by atoms with E-state index in [4.69, 9.17) is 0 Å². The Morgan fingerprint density at radius 2 is 1.79 bits per heavy atom. The van der Waals surface area contributed by atoms with Gasteiger partial charge in [0, 0.05) is 21.1 Å². The van der Waals surface area contributed by atoms with Gasteiger partial charge in [-0.15, -0.1) is 5.92 Å². The van der Waals surface area contributed by atoms with E-state index in [1.165, 1.54) is 12.5 Å². The molecule has 0 amide bonds. The number of hydrogen-bond acceptors (Lipinski definition) is 2. The minimum atomic E-state index is -0.352. The average molecular weight is 341 g/mol. The van der Waals surface area contributed by atoms with Crippen LogP contribution in [0.2, 0.25) is 0 Å². The van der Waals surface area contributed by atoms with Gasteiger partial charge in [-0.3, -0.25) is 11.1 Å². The topological polar surface area (TPSA) is 34.1 Å². The van der Waals surface area contributed by atoms with E-state index in [2.05, 4.69) is 6.29 Å². The summed E-state index contributed by atoms with van der Waals surface area (Å²) in [5.41, 5.74) is 2.31. The largest absolute Gasteiger partial charge is 0.541 e. The zero-order chi connectivity index (χ0) is 13.7. The molecular weight excluding hydrogens is 320 g/mol. The number of ketones is 1. The van der Waals surface area contributed by atoms with E-state index < -0.39 is 0 Å². The number of hydrogen-bond donors (Lipinski definition) is 0. The number of carbonyl (C=O) groups is 1.